The molecule has 2 aromatic rings. The second-order valence-corrected chi connectivity index (χ2v) is 5.48. The predicted octanol–water partition coefficient (Wildman–Crippen LogP) is 2.99. The van der Waals surface area contributed by atoms with E-state index in [2.05, 4.69) is 52.8 Å². The van der Waals surface area contributed by atoms with E-state index in [9.17, 15) is 0 Å². The molecule has 0 spiro atoms. The maximum atomic E-state index is 4.24. The van der Waals surface area contributed by atoms with Gasteiger partial charge in [0.2, 0.25) is 0 Å². The Morgan fingerprint density at radius 2 is 1.94 bits per heavy atom. The molecule has 0 saturated heterocycles. The zero-order valence-corrected chi connectivity index (χ0v) is 11.7. The van der Waals surface area contributed by atoms with Gasteiger partial charge in [0.15, 0.2) is 0 Å². The highest BCUT2D eigenvalue weighted by atomic mass is 32.1. The Labute approximate surface area is 112 Å². The van der Waals surface area contributed by atoms with Crippen molar-refractivity contribution in [3.05, 3.63) is 45.9 Å². The summed E-state index contributed by atoms with van der Waals surface area (Å²) in [7, 11) is 1.95. The molecule has 1 N–H and O–H groups in total. The van der Waals surface area contributed by atoms with Crippen molar-refractivity contribution in [1.29, 1.82) is 0 Å². The zero-order chi connectivity index (χ0) is 12.8. The van der Waals surface area contributed by atoms with E-state index in [1.54, 1.807) is 11.3 Å². The summed E-state index contributed by atoms with van der Waals surface area (Å²) < 4.78 is 0. The van der Waals surface area contributed by atoms with Gasteiger partial charge in [-0.15, -0.1) is 10.2 Å². The lowest BCUT2D eigenvalue weighted by atomic mass is 10.1. The van der Waals surface area contributed by atoms with Crippen LogP contribution in [0.25, 0.3) is 0 Å². The van der Waals surface area contributed by atoms with Gasteiger partial charge in [-0.05, 0) is 32.4 Å². The molecular weight excluding hydrogens is 242 g/mol. The molecule has 0 aliphatic carbocycles. The van der Waals surface area contributed by atoms with Crippen LogP contribution in [0.3, 0.4) is 0 Å². The molecule has 18 heavy (non-hydrogen) atoms. The first-order valence-corrected chi connectivity index (χ1v) is 7.14. The Kier molecular flexibility index (Phi) is 4.84. The molecule has 96 valence electrons. The fraction of sp³-hybridized carbons (Fsp3) is 0.429. The molecule has 4 heteroatoms. The summed E-state index contributed by atoms with van der Waals surface area (Å²) in [5, 5.41) is 13.9. The average molecular weight is 261 g/mol. The van der Waals surface area contributed by atoms with Crippen LogP contribution in [-0.4, -0.2) is 17.2 Å². The number of benzene rings is 1. The number of hydrogen-bond donors (Lipinski definition) is 1. The van der Waals surface area contributed by atoms with E-state index in [-0.39, 0.29) is 0 Å². The monoisotopic (exact) mass is 261 g/mol. The second-order valence-electron chi connectivity index (χ2n) is 4.38. The fourth-order valence-corrected chi connectivity index (χ4v) is 2.70. The zero-order valence-electron chi connectivity index (χ0n) is 10.9. The molecule has 0 saturated carbocycles. The number of aromatic nitrogens is 2. The van der Waals surface area contributed by atoms with E-state index in [4.69, 9.17) is 0 Å². The van der Waals surface area contributed by atoms with Gasteiger partial charge in [0.05, 0.1) is 6.04 Å². The van der Waals surface area contributed by atoms with E-state index in [1.807, 2.05) is 7.05 Å². The van der Waals surface area contributed by atoms with Crippen molar-refractivity contribution in [2.75, 3.05) is 7.05 Å². The minimum atomic E-state index is 0.297. The van der Waals surface area contributed by atoms with Gasteiger partial charge >= 0.3 is 0 Å². The van der Waals surface area contributed by atoms with Crippen LogP contribution < -0.4 is 5.32 Å². The number of rotatable bonds is 6. The molecular formula is C14H19N3S. The second kappa shape index (κ2) is 6.61. The molecule has 1 atom stereocenters. The van der Waals surface area contributed by atoms with Crippen LogP contribution in [0.5, 0.6) is 0 Å². The molecule has 0 aliphatic heterocycles. The Morgan fingerprint density at radius 1 is 1.17 bits per heavy atom. The Bertz CT molecular complexity index is 467. The molecule has 0 radical (unpaired) electrons. The van der Waals surface area contributed by atoms with Crippen LogP contribution in [0.4, 0.5) is 0 Å². The van der Waals surface area contributed by atoms with Crippen molar-refractivity contribution in [1.82, 2.24) is 15.5 Å². The highest BCUT2D eigenvalue weighted by molar-refractivity contribution is 7.11. The van der Waals surface area contributed by atoms with E-state index in [0.717, 1.165) is 29.3 Å². The van der Waals surface area contributed by atoms with Crippen molar-refractivity contribution < 1.29 is 0 Å². The third kappa shape index (κ3) is 3.62. The van der Waals surface area contributed by atoms with Gasteiger partial charge in [-0.1, -0.05) is 41.7 Å². The molecule has 3 nitrogen and oxygen atoms in total. The summed E-state index contributed by atoms with van der Waals surface area (Å²) in [4.78, 5) is 0. The number of nitrogens with zero attached hydrogens (tertiary/aromatic N) is 2. The maximum absolute atomic E-state index is 4.24. The Balaban J connectivity index is 1.82. The summed E-state index contributed by atoms with van der Waals surface area (Å²) in [6.45, 7) is 2.11. The first-order valence-electron chi connectivity index (χ1n) is 6.33. The van der Waals surface area contributed by atoms with Crippen LogP contribution >= 0.6 is 11.3 Å². The summed E-state index contributed by atoms with van der Waals surface area (Å²) in [6.07, 6.45) is 3.26. The van der Waals surface area contributed by atoms with Crippen LogP contribution in [0, 0.1) is 0 Å². The Morgan fingerprint density at radius 3 is 2.67 bits per heavy atom. The van der Waals surface area contributed by atoms with Crippen molar-refractivity contribution in [3.8, 4) is 0 Å². The highest BCUT2D eigenvalue weighted by Gasteiger charge is 2.09. The Hall–Kier alpha value is -1.26. The highest BCUT2D eigenvalue weighted by Crippen LogP contribution is 2.18. The van der Waals surface area contributed by atoms with E-state index >= 15 is 0 Å². The average Bonchev–Trinajstić information content (AvgIpc) is 2.88. The largest absolute Gasteiger partial charge is 0.311 e. The molecule has 1 unspecified atom stereocenters. The van der Waals surface area contributed by atoms with Crippen molar-refractivity contribution >= 4 is 11.3 Å². The van der Waals surface area contributed by atoms with Gasteiger partial charge in [0, 0.05) is 6.42 Å². The van der Waals surface area contributed by atoms with Gasteiger partial charge in [-0.2, -0.15) is 0 Å². The lowest BCUT2D eigenvalue weighted by Crippen LogP contribution is -2.11. The summed E-state index contributed by atoms with van der Waals surface area (Å²) >= 11 is 1.72. The van der Waals surface area contributed by atoms with E-state index in [0.29, 0.717) is 6.04 Å². The molecule has 0 bridgehead atoms. The maximum Gasteiger partial charge on any atom is 0.134 e. The van der Waals surface area contributed by atoms with Crippen LogP contribution in [0.15, 0.2) is 30.3 Å². The number of aryl methyl sites for hydroxylation is 2. The first kappa shape index (κ1) is 13.2. The molecule has 0 fully saturated rings. The lowest BCUT2D eigenvalue weighted by Gasteiger charge is -2.02. The topological polar surface area (TPSA) is 37.8 Å². The van der Waals surface area contributed by atoms with Crippen LogP contribution in [0.2, 0.25) is 0 Å². The van der Waals surface area contributed by atoms with Crippen molar-refractivity contribution in [2.45, 2.75) is 32.2 Å². The van der Waals surface area contributed by atoms with Gasteiger partial charge < -0.3 is 5.32 Å². The minimum Gasteiger partial charge on any atom is -0.311 e. The SMILES string of the molecule is CNC(C)c1nnc(CCCc2ccccc2)s1. The predicted molar refractivity (Wildman–Crippen MR) is 75.9 cm³/mol. The molecule has 0 amide bonds. The summed E-state index contributed by atoms with van der Waals surface area (Å²) in [5.41, 5.74) is 1.39. The first-order chi connectivity index (χ1) is 8.79. The molecule has 0 aliphatic rings. The fourth-order valence-electron chi connectivity index (χ4n) is 1.75. The number of hydrogen-bond acceptors (Lipinski definition) is 4. The quantitative estimate of drug-likeness (QED) is 0.868. The van der Waals surface area contributed by atoms with Gasteiger partial charge in [0.25, 0.3) is 0 Å². The normalized spacial score (nSPS) is 12.6. The molecule has 2 rings (SSSR count). The standard InChI is InChI=1S/C14H19N3S/c1-11(15-2)14-17-16-13(18-14)10-6-9-12-7-4-3-5-8-12/h3-5,7-8,11,15H,6,9-10H2,1-2H3. The van der Waals surface area contributed by atoms with Crippen molar-refractivity contribution in [2.24, 2.45) is 0 Å². The molecule has 1 aromatic heterocycles. The number of nitrogens with one attached hydrogen (secondary N) is 1. The van der Waals surface area contributed by atoms with Crippen molar-refractivity contribution in [3.63, 3.8) is 0 Å². The molecule has 1 aromatic carbocycles. The van der Waals surface area contributed by atoms with Gasteiger partial charge in [0.1, 0.15) is 10.0 Å². The smallest absolute Gasteiger partial charge is 0.134 e. The summed E-state index contributed by atoms with van der Waals surface area (Å²) in [6, 6.07) is 10.9. The third-order valence-corrected chi connectivity index (χ3v) is 4.15. The van der Waals surface area contributed by atoms with E-state index < -0.39 is 0 Å². The van der Waals surface area contributed by atoms with Gasteiger partial charge in [-0.3, -0.25) is 0 Å². The minimum absolute atomic E-state index is 0.297. The lowest BCUT2D eigenvalue weighted by molar-refractivity contribution is 0.639. The molecule has 1 heterocycles. The summed E-state index contributed by atoms with van der Waals surface area (Å²) in [5.74, 6) is 0. The van der Waals surface area contributed by atoms with Crippen LogP contribution in [-0.2, 0) is 12.8 Å². The van der Waals surface area contributed by atoms with Gasteiger partial charge in [-0.25, -0.2) is 0 Å². The third-order valence-electron chi connectivity index (χ3n) is 2.98. The van der Waals surface area contributed by atoms with Crippen LogP contribution in [0.1, 0.15) is 35.0 Å². The van der Waals surface area contributed by atoms with E-state index in [1.165, 1.54) is 5.56 Å².